The highest BCUT2D eigenvalue weighted by Gasteiger charge is 2.29. The lowest BCUT2D eigenvalue weighted by molar-refractivity contribution is 0.102. The third-order valence-electron chi connectivity index (χ3n) is 5.99. The summed E-state index contributed by atoms with van der Waals surface area (Å²) in [5.41, 5.74) is 8.80. The van der Waals surface area contributed by atoms with E-state index in [1.807, 2.05) is 16.5 Å². The molecule has 0 bridgehead atoms. The van der Waals surface area contributed by atoms with E-state index in [0.717, 1.165) is 24.2 Å². The van der Waals surface area contributed by atoms with E-state index >= 15 is 0 Å². The standard InChI is InChI=1S/C24H23N7O3/c25-21-20-19(15-6-8-16(9-7-15)23(32)28-18-5-1-2-10-26-18)29-22(31(20)13-11-27-21)17-4-3-12-30(14-17)24(33)34/h1-2,5-11,13,17H,3-4,12,14H2,(H2,25,27)(H,33,34)(H,26,28,32). The minimum atomic E-state index is -0.925. The Bertz CT molecular complexity index is 1350. The van der Waals surface area contributed by atoms with Crippen LogP contribution in [0.1, 0.15) is 34.9 Å². The Morgan fingerprint density at radius 1 is 1.09 bits per heavy atom. The van der Waals surface area contributed by atoms with Gasteiger partial charge in [-0.1, -0.05) is 18.2 Å². The second-order valence-corrected chi connectivity index (χ2v) is 8.16. The molecule has 1 aliphatic rings. The van der Waals surface area contributed by atoms with Gasteiger partial charge in [0.1, 0.15) is 28.7 Å². The molecule has 5 rings (SSSR count). The number of anilines is 2. The van der Waals surface area contributed by atoms with E-state index in [4.69, 9.17) is 10.7 Å². The Hall–Kier alpha value is -4.47. The molecule has 1 aromatic carbocycles. The summed E-state index contributed by atoms with van der Waals surface area (Å²) in [7, 11) is 0. The summed E-state index contributed by atoms with van der Waals surface area (Å²) >= 11 is 0. The molecule has 1 unspecified atom stereocenters. The predicted molar refractivity (Wildman–Crippen MR) is 127 cm³/mol. The van der Waals surface area contributed by atoms with E-state index in [0.29, 0.717) is 41.5 Å². The molecule has 3 aromatic heterocycles. The molecule has 172 valence electrons. The number of nitrogen functional groups attached to an aromatic ring is 1. The lowest BCUT2D eigenvalue weighted by Crippen LogP contribution is -2.38. The van der Waals surface area contributed by atoms with E-state index in [1.54, 1.807) is 48.9 Å². The normalized spacial score (nSPS) is 15.9. The molecule has 0 radical (unpaired) electrons. The average Bonchev–Trinajstić information content (AvgIpc) is 3.26. The number of pyridine rings is 1. The van der Waals surface area contributed by atoms with Crippen LogP contribution < -0.4 is 11.1 Å². The third kappa shape index (κ3) is 4.01. The van der Waals surface area contributed by atoms with Crippen LogP contribution in [-0.2, 0) is 0 Å². The van der Waals surface area contributed by atoms with Gasteiger partial charge in [-0.15, -0.1) is 0 Å². The van der Waals surface area contributed by atoms with Crippen LogP contribution in [0.2, 0.25) is 0 Å². The van der Waals surface area contributed by atoms with Gasteiger partial charge in [0.05, 0.1) is 0 Å². The minimum Gasteiger partial charge on any atom is -0.465 e. The molecule has 0 spiro atoms. The van der Waals surface area contributed by atoms with Crippen molar-refractivity contribution in [3.63, 3.8) is 0 Å². The number of carbonyl (C=O) groups excluding carboxylic acids is 1. The van der Waals surface area contributed by atoms with E-state index < -0.39 is 6.09 Å². The van der Waals surface area contributed by atoms with Crippen molar-refractivity contribution < 1.29 is 14.7 Å². The molecule has 34 heavy (non-hydrogen) atoms. The van der Waals surface area contributed by atoms with Crippen LogP contribution in [0.4, 0.5) is 16.4 Å². The Labute approximate surface area is 195 Å². The smallest absolute Gasteiger partial charge is 0.407 e. The molecule has 2 amide bonds. The zero-order valence-corrected chi connectivity index (χ0v) is 18.3. The maximum atomic E-state index is 12.6. The van der Waals surface area contributed by atoms with Crippen LogP contribution in [-0.4, -0.2) is 54.4 Å². The number of carboxylic acid groups (broad SMARTS) is 1. The van der Waals surface area contributed by atoms with Crippen molar-refractivity contribution in [2.24, 2.45) is 0 Å². The fourth-order valence-corrected chi connectivity index (χ4v) is 4.34. The van der Waals surface area contributed by atoms with Gasteiger partial charge in [0, 0.05) is 48.7 Å². The van der Waals surface area contributed by atoms with Crippen LogP contribution in [0.25, 0.3) is 16.8 Å². The van der Waals surface area contributed by atoms with E-state index in [-0.39, 0.29) is 11.8 Å². The van der Waals surface area contributed by atoms with Gasteiger partial charge in [-0.25, -0.2) is 19.7 Å². The molecule has 4 N–H and O–H groups in total. The Balaban J connectivity index is 1.48. The summed E-state index contributed by atoms with van der Waals surface area (Å²) in [6, 6.07) is 12.4. The first-order valence-corrected chi connectivity index (χ1v) is 10.9. The molecule has 1 fully saturated rings. The van der Waals surface area contributed by atoms with Crippen LogP contribution in [0.15, 0.2) is 61.1 Å². The number of benzene rings is 1. The first-order valence-electron chi connectivity index (χ1n) is 10.9. The monoisotopic (exact) mass is 457 g/mol. The number of fused-ring (bicyclic) bond motifs is 1. The highest BCUT2D eigenvalue weighted by Crippen LogP contribution is 2.34. The fourth-order valence-electron chi connectivity index (χ4n) is 4.34. The number of imidazole rings is 1. The number of rotatable bonds is 4. The number of carbonyl (C=O) groups is 2. The van der Waals surface area contributed by atoms with E-state index in [2.05, 4.69) is 15.3 Å². The zero-order chi connectivity index (χ0) is 23.7. The molecule has 10 nitrogen and oxygen atoms in total. The Kier molecular flexibility index (Phi) is 5.54. The Morgan fingerprint density at radius 2 is 1.91 bits per heavy atom. The minimum absolute atomic E-state index is 0.0590. The summed E-state index contributed by atoms with van der Waals surface area (Å²) in [4.78, 5) is 38.7. The summed E-state index contributed by atoms with van der Waals surface area (Å²) in [5.74, 6) is 1.23. The largest absolute Gasteiger partial charge is 0.465 e. The van der Waals surface area contributed by atoms with Crippen LogP contribution in [0.3, 0.4) is 0 Å². The second kappa shape index (κ2) is 8.81. The molecule has 4 heterocycles. The maximum absolute atomic E-state index is 12.6. The number of nitrogens with zero attached hydrogens (tertiary/aromatic N) is 5. The highest BCUT2D eigenvalue weighted by molar-refractivity contribution is 6.04. The molecular formula is C24H23N7O3. The number of aromatic nitrogens is 4. The first kappa shape index (κ1) is 21.4. The van der Waals surface area contributed by atoms with Gasteiger partial charge in [0.15, 0.2) is 0 Å². The number of nitrogens with one attached hydrogen (secondary N) is 1. The second-order valence-electron chi connectivity index (χ2n) is 8.16. The molecule has 4 aromatic rings. The van der Waals surface area contributed by atoms with Crippen molar-refractivity contribution in [2.75, 3.05) is 24.1 Å². The summed E-state index contributed by atoms with van der Waals surface area (Å²) in [6.07, 6.45) is 5.69. The lowest BCUT2D eigenvalue weighted by atomic mass is 9.97. The van der Waals surface area contributed by atoms with Gasteiger partial charge in [-0.3, -0.25) is 9.20 Å². The number of piperidine rings is 1. The summed E-state index contributed by atoms with van der Waals surface area (Å²) < 4.78 is 1.90. The Morgan fingerprint density at radius 3 is 2.65 bits per heavy atom. The predicted octanol–water partition coefficient (Wildman–Crippen LogP) is 3.48. The van der Waals surface area contributed by atoms with Crippen molar-refractivity contribution in [1.29, 1.82) is 0 Å². The molecular weight excluding hydrogens is 434 g/mol. The van der Waals surface area contributed by atoms with Crippen LogP contribution in [0, 0.1) is 0 Å². The molecule has 1 saturated heterocycles. The summed E-state index contributed by atoms with van der Waals surface area (Å²) in [6.45, 7) is 0.899. The number of hydrogen-bond donors (Lipinski definition) is 3. The van der Waals surface area contributed by atoms with Gasteiger partial charge < -0.3 is 21.1 Å². The molecule has 1 aliphatic heterocycles. The number of hydrogen-bond acceptors (Lipinski definition) is 6. The highest BCUT2D eigenvalue weighted by atomic mass is 16.4. The molecule has 0 saturated carbocycles. The molecule has 10 heteroatoms. The average molecular weight is 457 g/mol. The maximum Gasteiger partial charge on any atom is 0.407 e. The van der Waals surface area contributed by atoms with Crippen LogP contribution in [0.5, 0.6) is 0 Å². The van der Waals surface area contributed by atoms with Crippen molar-refractivity contribution in [1.82, 2.24) is 24.3 Å². The number of nitrogens with two attached hydrogens (primary N) is 1. The lowest BCUT2D eigenvalue weighted by Gasteiger charge is -2.29. The van der Waals surface area contributed by atoms with Gasteiger partial charge in [-0.2, -0.15) is 0 Å². The van der Waals surface area contributed by atoms with Crippen molar-refractivity contribution >= 4 is 29.2 Å². The van der Waals surface area contributed by atoms with Crippen molar-refractivity contribution in [2.45, 2.75) is 18.8 Å². The summed E-state index contributed by atoms with van der Waals surface area (Å²) in [5, 5.41) is 12.2. The number of likely N-dealkylation sites (tertiary alicyclic amines) is 1. The van der Waals surface area contributed by atoms with E-state index in [9.17, 15) is 14.7 Å². The van der Waals surface area contributed by atoms with Gasteiger partial charge in [0.2, 0.25) is 0 Å². The first-order chi connectivity index (χ1) is 16.5. The topological polar surface area (TPSA) is 139 Å². The fraction of sp³-hybridized carbons (Fsp3) is 0.208. The third-order valence-corrected chi connectivity index (χ3v) is 5.99. The van der Waals surface area contributed by atoms with Gasteiger partial charge >= 0.3 is 6.09 Å². The number of amides is 2. The van der Waals surface area contributed by atoms with Gasteiger partial charge in [0.25, 0.3) is 5.91 Å². The zero-order valence-electron chi connectivity index (χ0n) is 18.3. The van der Waals surface area contributed by atoms with Crippen molar-refractivity contribution in [3.05, 3.63) is 72.4 Å². The molecule has 0 aliphatic carbocycles. The van der Waals surface area contributed by atoms with Gasteiger partial charge in [-0.05, 0) is 37.1 Å². The molecule has 1 atom stereocenters. The van der Waals surface area contributed by atoms with E-state index in [1.165, 1.54) is 4.90 Å². The quantitative estimate of drug-likeness (QED) is 0.426. The SMILES string of the molecule is Nc1nccn2c(C3CCCN(C(=O)O)C3)nc(-c3ccc(C(=O)Nc4ccccn4)cc3)c12. The van der Waals surface area contributed by atoms with Crippen LogP contribution >= 0.6 is 0 Å². The van der Waals surface area contributed by atoms with Crippen molar-refractivity contribution in [3.8, 4) is 11.3 Å².